The third-order valence-electron chi connectivity index (χ3n) is 4.86. The molecule has 1 aliphatic heterocycles. The predicted octanol–water partition coefficient (Wildman–Crippen LogP) is -1.36. The van der Waals surface area contributed by atoms with E-state index in [9.17, 15) is 28.5 Å². The number of sulfonamides is 1. The third-order valence-corrected chi connectivity index (χ3v) is 6.23. The molecule has 1 fully saturated rings. The Morgan fingerprint density at radius 1 is 1.12 bits per heavy atom. The molecule has 1 saturated heterocycles. The number of ether oxygens (including phenoxy) is 2. The maximum atomic E-state index is 12.6. The minimum atomic E-state index is -3.95. The average Bonchev–Trinajstić information content (AvgIpc) is 2.79. The highest BCUT2D eigenvalue weighted by Crippen LogP contribution is 2.24. The third kappa shape index (κ3) is 5.85. The van der Waals surface area contributed by atoms with Gasteiger partial charge in [0.1, 0.15) is 24.4 Å². The Labute approximate surface area is 189 Å². The van der Waals surface area contributed by atoms with Gasteiger partial charge < -0.3 is 35.4 Å². The van der Waals surface area contributed by atoms with Crippen LogP contribution in [0.4, 0.5) is 11.5 Å². The number of hydrogen-bond acceptors (Lipinski definition) is 11. The van der Waals surface area contributed by atoms with Gasteiger partial charge in [-0.25, -0.2) is 8.42 Å². The van der Waals surface area contributed by atoms with Crippen molar-refractivity contribution in [3.8, 4) is 5.88 Å². The van der Waals surface area contributed by atoms with Crippen LogP contribution < -0.4 is 20.1 Å². The highest BCUT2D eigenvalue weighted by molar-refractivity contribution is 7.92. The van der Waals surface area contributed by atoms with E-state index in [0.717, 1.165) is 0 Å². The highest BCUT2D eigenvalue weighted by atomic mass is 32.2. The van der Waals surface area contributed by atoms with Gasteiger partial charge in [-0.2, -0.15) is 0 Å². The summed E-state index contributed by atoms with van der Waals surface area (Å²) in [5, 5.41) is 42.7. The van der Waals surface area contributed by atoms with Crippen molar-refractivity contribution in [3.05, 3.63) is 36.4 Å². The lowest BCUT2D eigenvalue weighted by molar-refractivity contribution is -0.188. The van der Waals surface area contributed by atoms with Crippen molar-refractivity contribution in [2.45, 2.75) is 42.4 Å². The Morgan fingerprint density at radius 3 is 2.36 bits per heavy atom. The zero-order valence-corrected chi connectivity index (χ0v) is 18.6. The molecule has 14 heteroatoms. The number of nitrogens with zero attached hydrogens (tertiary/aromatic N) is 2. The molecule has 5 atom stereocenters. The molecular formula is C19H25N5O8S. The van der Waals surface area contributed by atoms with E-state index >= 15 is 0 Å². The molecule has 6 N–H and O–H groups in total. The van der Waals surface area contributed by atoms with Crippen molar-refractivity contribution < 1.29 is 38.0 Å². The van der Waals surface area contributed by atoms with Crippen LogP contribution in [-0.4, -0.2) is 84.1 Å². The molecule has 1 aliphatic rings. The Bertz CT molecular complexity index is 1050. The second-order valence-electron chi connectivity index (χ2n) is 7.22. The number of nitrogens with one attached hydrogen (secondary N) is 3. The van der Waals surface area contributed by atoms with E-state index in [0.29, 0.717) is 5.69 Å². The van der Waals surface area contributed by atoms with E-state index < -0.39 is 53.1 Å². The highest BCUT2D eigenvalue weighted by Gasteiger charge is 2.44. The Morgan fingerprint density at radius 2 is 1.82 bits per heavy atom. The van der Waals surface area contributed by atoms with Crippen LogP contribution in [0, 0.1) is 0 Å². The first kappa shape index (κ1) is 24.6. The Hall–Kier alpha value is -3.04. The molecule has 13 nitrogen and oxygen atoms in total. The number of aromatic nitrogens is 2. The second-order valence-corrected chi connectivity index (χ2v) is 8.90. The molecule has 0 aliphatic carbocycles. The van der Waals surface area contributed by atoms with Crippen molar-refractivity contribution >= 4 is 27.4 Å². The number of aliphatic hydroxyl groups excluding tert-OH is 3. The molecule has 2 heterocycles. The van der Waals surface area contributed by atoms with Gasteiger partial charge in [0, 0.05) is 18.7 Å². The summed E-state index contributed by atoms with van der Waals surface area (Å²) >= 11 is 0. The van der Waals surface area contributed by atoms with Gasteiger partial charge in [-0.15, -0.1) is 10.2 Å². The molecule has 0 spiro atoms. The summed E-state index contributed by atoms with van der Waals surface area (Å²) in [7, 11) is -2.54. The van der Waals surface area contributed by atoms with Gasteiger partial charge >= 0.3 is 0 Å². The van der Waals surface area contributed by atoms with Crippen LogP contribution in [-0.2, 0) is 19.6 Å². The van der Waals surface area contributed by atoms with Gasteiger partial charge in [0.05, 0.1) is 18.6 Å². The minimum absolute atomic E-state index is 0.00865. The van der Waals surface area contributed by atoms with Crippen LogP contribution in [0.1, 0.15) is 6.92 Å². The van der Waals surface area contributed by atoms with Crippen molar-refractivity contribution in [2.24, 2.45) is 0 Å². The fraction of sp³-hybridized carbons (Fsp3) is 0.421. The normalized spacial score (nSPS) is 25.2. The van der Waals surface area contributed by atoms with Crippen LogP contribution in [0.15, 0.2) is 41.3 Å². The predicted molar refractivity (Wildman–Crippen MR) is 115 cm³/mol. The van der Waals surface area contributed by atoms with Gasteiger partial charge in [0.15, 0.2) is 12.0 Å². The maximum absolute atomic E-state index is 12.6. The maximum Gasteiger partial charge on any atom is 0.263 e. The lowest BCUT2D eigenvalue weighted by Gasteiger charge is -2.43. The standard InChI is InChI=1S/C19H25N5O8S/c1-10(26)20-16-18(28)17(27)13(9-25)32-19(16)21-11-3-5-12(6-4-11)33(29,30)24-14-7-8-15(31-2)23-22-14/h3-8,13,16-19,21,25,27-28H,9H2,1-2H3,(H,20,26)(H,22,24)/t13-,16+,17+,18+,19-/m0/s1. The first-order valence-electron chi connectivity index (χ1n) is 9.81. The molecule has 33 heavy (non-hydrogen) atoms. The fourth-order valence-electron chi connectivity index (χ4n) is 3.21. The van der Waals surface area contributed by atoms with Crippen LogP contribution in [0.3, 0.4) is 0 Å². The lowest BCUT2D eigenvalue weighted by atomic mass is 9.96. The molecule has 0 radical (unpaired) electrons. The molecule has 180 valence electrons. The summed E-state index contributed by atoms with van der Waals surface area (Å²) in [6, 6.07) is 7.39. The van der Waals surface area contributed by atoms with Gasteiger partial charge in [-0.05, 0) is 30.3 Å². The summed E-state index contributed by atoms with van der Waals surface area (Å²) in [5.41, 5.74) is 0.402. The minimum Gasteiger partial charge on any atom is -0.480 e. The molecule has 1 aromatic heterocycles. The summed E-state index contributed by atoms with van der Waals surface area (Å²) in [6.45, 7) is 0.689. The van der Waals surface area contributed by atoms with E-state index in [1.54, 1.807) is 0 Å². The molecule has 0 unspecified atom stereocenters. The fourth-order valence-corrected chi connectivity index (χ4v) is 4.21. The number of hydrogen-bond donors (Lipinski definition) is 6. The summed E-state index contributed by atoms with van der Waals surface area (Å²) < 4.78 is 38.0. The molecule has 1 amide bonds. The van der Waals surface area contributed by atoms with Gasteiger partial charge in [-0.3, -0.25) is 9.52 Å². The number of amides is 1. The lowest BCUT2D eigenvalue weighted by Crippen LogP contribution is -2.65. The van der Waals surface area contributed by atoms with Gasteiger partial charge in [0.25, 0.3) is 10.0 Å². The Balaban J connectivity index is 1.74. The molecule has 0 saturated carbocycles. The Kier molecular flexibility index (Phi) is 7.65. The zero-order valence-electron chi connectivity index (χ0n) is 17.7. The van der Waals surface area contributed by atoms with Crippen molar-refractivity contribution in [2.75, 3.05) is 23.8 Å². The average molecular weight is 484 g/mol. The van der Waals surface area contributed by atoms with E-state index in [2.05, 4.69) is 25.6 Å². The van der Waals surface area contributed by atoms with Gasteiger partial charge in [-0.1, -0.05) is 0 Å². The van der Waals surface area contributed by atoms with Crippen molar-refractivity contribution in [1.82, 2.24) is 15.5 Å². The number of methoxy groups -OCH3 is 1. The summed E-state index contributed by atoms with van der Waals surface area (Å²) in [4.78, 5) is 11.5. The molecular weight excluding hydrogens is 458 g/mol. The number of benzene rings is 1. The van der Waals surface area contributed by atoms with Crippen molar-refractivity contribution in [1.29, 1.82) is 0 Å². The SMILES string of the molecule is COc1ccc(NS(=O)(=O)c2ccc(N[C@H]3O[C@@H](CO)[C@@H](O)[C@H](O)[C@H]3NC(C)=O)cc2)nn1. The van der Waals surface area contributed by atoms with Crippen LogP contribution in [0.25, 0.3) is 0 Å². The number of anilines is 2. The smallest absolute Gasteiger partial charge is 0.263 e. The van der Waals surface area contributed by atoms with Crippen LogP contribution in [0.5, 0.6) is 5.88 Å². The van der Waals surface area contributed by atoms with E-state index in [4.69, 9.17) is 9.47 Å². The van der Waals surface area contributed by atoms with E-state index in [1.165, 1.54) is 50.4 Å². The summed E-state index contributed by atoms with van der Waals surface area (Å²) in [6.07, 6.45) is -4.92. The molecule has 1 aromatic carbocycles. The zero-order chi connectivity index (χ0) is 24.2. The number of aliphatic hydroxyl groups is 3. The monoisotopic (exact) mass is 483 g/mol. The van der Waals surface area contributed by atoms with E-state index in [-0.39, 0.29) is 16.6 Å². The number of carbonyl (C=O) groups is 1. The van der Waals surface area contributed by atoms with Gasteiger partial charge in [0.2, 0.25) is 11.8 Å². The summed E-state index contributed by atoms with van der Waals surface area (Å²) in [5.74, 6) is -0.218. The van der Waals surface area contributed by atoms with Crippen LogP contribution in [0.2, 0.25) is 0 Å². The first-order valence-corrected chi connectivity index (χ1v) is 11.3. The molecule has 3 rings (SSSR count). The quantitative estimate of drug-likeness (QED) is 0.260. The topological polar surface area (TPSA) is 192 Å². The molecule has 0 bridgehead atoms. The number of carbonyl (C=O) groups excluding carboxylic acids is 1. The molecule has 2 aromatic rings. The van der Waals surface area contributed by atoms with E-state index in [1.807, 2.05) is 0 Å². The van der Waals surface area contributed by atoms with Crippen molar-refractivity contribution in [3.63, 3.8) is 0 Å². The first-order chi connectivity index (χ1) is 15.6. The second kappa shape index (κ2) is 10.3. The number of rotatable bonds is 8. The largest absolute Gasteiger partial charge is 0.480 e. The van der Waals surface area contributed by atoms with Crippen LogP contribution >= 0.6 is 0 Å².